The third-order valence-corrected chi connectivity index (χ3v) is 4.89. The van der Waals surface area contributed by atoms with Gasteiger partial charge in [-0.25, -0.2) is 4.79 Å². The third-order valence-electron chi connectivity index (χ3n) is 4.89. The van der Waals surface area contributed by atoms with Crippen LogP contribution in [-0.2, 0) is 4.79 Å². The number of carbonyl (C=O) groups excluding carboxylic acids is 2. The van der Waals surface area contributed by atoms with E-state index >= 15 is 0 Å². The molecule has 6 heteroatoms. The summed E-state index contributed by atoms with van der Waals surface area (Å²) in [6, 6.07) is 8.14. The topological polar surface area (TPSA) is 55.9 Å². The minimum atomic E-state index is -0.120. The fourth-order valence-electron chi connectivity index (χ4n) is 3.06. The largest absolute Gasteiger partial charge is 0.372 e. The lowest BCUT2D eigenvalue weighted by Gasteiger charge is -2.25. The molecule has 3 amide bonds. The Labute approximate surface area is 150 Å². The van der Waals surface area contributed by atoms with Crippen molar-refractivity contribution in [1.29, 1.82) is 0 Å². The van der Waals surface area contributed by atoms with Crippen LogP contribution in [0.3, 0.4) is 0 Å². The van der Waals surface area contributed by atoms with E-state index in [0.717, 1.165) is 30.9 Å². The van der Waals surface area contributed by atoms with Crippen molar-refractivity contribution in [2.75, 3.05) is 43.9 Å². The van der Waals surface area contributed by atoms with Crippen LogP contribution in [0.25, 0.3) is 0 Å². The first-order valence-corrected chi connectivity index (χ1v) is 8.88. The molecular formula is C19H30N4O2. The van der Waals surface area contributed by atoms with Crippen molar-refractivity contribution < 1.29 is 9.59 Å². The van der Waals surface area contributed by atoms with Crippen molar-refractivity contribution in [3.8, 4) is 0 Å². The Kier molecular flexibility index (Phi) is 6.28. The molecule has 138 valence electrons. The second kappa shape index (κ2) is 8.23. The first kappa shape index (κ1) is 19.1. The van der Waals surface area contributed by atoms with Crippen LogP contribution in [-0.4, -0.2) is 61.5 Å². The molecule has 0 unspecified atom stereocenters. The van der Waals surface area contributed by atoms with Gasteiger partial charge in [-0.1, -0.05) is 6.07 Å². The average molecular weight is 346 g/mol. The number of anilines is 2. The van der Waals surface area contributed by atoms with Crippen LogP contribution >= 0.6 is 0 Å². The summed E-state index contributed by atoms with van der Waals surface area (Å²) < 4.78 is 0. The average Bonchev–Trinajstić information content (AvgIpc) is 3.03. The number of hydrogen-bond acceptors (Lipinski definition) is 3. The fraction of sp³-hybridized carbons (Fsp3) is 0.579. The molecular weight excluding hydrogens is 316 g/mol. The number of benzene rings is 1. The zero-order valence-electron chi connectivity index (χ0n) is 16.0. The molecule has 6 nitrogen and oxygen atoms in total. The molecule has 0 bridgehead atoms. The summed E-state index contributed by atoms with van der Waals surface area (Å²) in [6.45, 7) is 8.04. The zero-order valence-corrected chi connectivity index (χ0v) is 16.0. The van der Waals surface area contributed by atoms with Crippen molar-refractivity contribution in [2.24, 2.45) is 5.92 Å². The monoisotopic (exact) mass is 346 g/mol. The van der Waals surface area contributed by atoms with Crippen LogP contribution in [0.5, 0.6) is 0 Å². The predicted octanol–water partition coefficient (Wildman–Crippen LogP) is 2.86. The first-order valence-electron chi connectivity index (χ1n) is 8.88. The van der Waals surface area contributed by atoms with E-state index in [9.17, 15) is 9.59 Å². The van der Waals surface area contributed by atoms with Gasteiger partial charge < -0.3 is 20.0 Å². The summed E-state index contributed by atoms with van der Waals surface area (Å²) in [7, 11) is 3.84. The van der Waals surface area contributed by atoms with Gasteiger partial charge >= 0.3 is 6.03 Å². The number of likely N-dealkylation sites (tertiary alicyclic amines) is 1. The summed E-state index contributed by atoms with van der Waals surface area (Å²) >= 11 is 0. The van der Waals surface area contributed by atoms with Crippen molar-refractivity contribution in [2.45, 2.75) is 33.2 Å². The standard InChI is InChI=1S/C19H30N4O2/c1-14(2)22(5)18-8-6-7-17(11-18)20-19(25)21(4)12-16-9-10-23(13-16)15(3)24/h6-8,11,14,16H,9-10,12-13H2,1-5H3,(H,20,25)/t16-/m0/s1. The van der Waals surface area contributed by atoms with Crippen molar-refractivity contribution in [3.05, 3.63) is 24.3 Å². The van der Waals surface area contributed by atoms with E-state index < -0.39 is 0 Å². The highest BCUT2D eigenvalue weighted by atomic mass is 16.2. The first-order chi connectivity index (χ1) is 11.8. The Hall–Kier alpha value is -2.24. The molecule has 25 heavy (non-hydrogen) atoms. The number of carbonyl (C=O) groups is 2. The number of hydrogen-bond donors (Lipinski definition) is 1. The number of nitrogens with one attached hydrogen (secondary N) is 1. The lowest BCUT2D eigenvalue weighted by atomic mass is 10.1. The number of urea groups is 1. The van der Waals surface area contributed by atoms with Crippen molar-refractivity contribution >= 4 is 23.3 Å². The molecule has 1 atom stereocenters. The second-order valence-electron chi connectivity index (χ2n) is 7.19. The van der Waals surface area contributed by atoms with E-state index in [1.807, 2.05) is 36.2 Å². The summed E-state index contributed by atoms with van der Waals surface area (Å²) in [5, 5.41) is 2.96. The molecule has 1 N–H and O–H groups in total. The summed E-state index contributed by atoms with van der Waals surface area (Å²) in [5.41, 5.74) is 1.86. The van der Waals surface area contributed by atoms with Gasteiger partial charge in [0.2, 0.25) is 5.91 Å². The molecule has 1 aromatic carbocycles. The van der Waals surface area contributed by atoms with Crippen LogP contribution in [0.1, 0.15) is 27.2 Å². The van der Waals surface area contributed by atoms with Gasteiger partial charge in [0.25, 0.3) is 0 Å². The van der Waals surface area contributed by atoms with Crippen LogP contribution in [0.4, 0.5) is 16.2 Å². The van der Waals surface area contributed by atoms with E-state index in [-0.39, 0.29) is 11.9 Å². The van der Waals surface area contributed by atoms with Crippen LogP contribution in [0.15, 0.2) is 24.3 Å². The van der Waals surface area contributed by atoms with E-state index in [2.05, 4.69) is 24.1 Å². The van der Waals surface area contributed by atoms with Gasteiger partial charge in [0.15, 0.2) is 0 Å². The van der Waals surface area contributed by atoms with Gasteiger partial charge in [-0.15, -0.1) is 0 Å². The number of rotatable bonds is 5. The Balaban J connectivity index is 1.91. The molecule has 1 heterocycles. The summed E-state index contributed by atoms with van der Waals surface area (Å²) in [5.74, 6) is 0.457. The van der Waals surface area contributed by atoms with Gasteiger partial charge in [-0.05, 0) is 44.4 Å². The van der Waals surface area contributed by atoms with Gasteiger partial charge in [-0.3, -0.25) is 4.79 Å². The Bertz CT molecular complexity index is 617. The van der Waals surface area contributed by atoms with Gasteiger partial charge in [0.05, 0.1) is 0 Å². The molecule has 1 saturated heterocycles. The summed E-state index contributed by atoms with van der Waals surface area (Å²) in [4.78, 5) is 29.6. The maximum atomic E-state index is 12.5. The molecule has 1 aromatic rings. The molecule has 1 aliphatic rings. The smallest absolute Gasteiger partial charge is 0.321 e. The minimum Gasteiger partial charge on any atom is -0.372 e. The van der Waals surface area contributed by atoms with E-state index in [1.165, 1.54) is 0 Å². The second-order valence-corrected chi connectivity index (χ2v) is 7.19. The highest BCUT2D eigenvalue weighted by Gasteiger charge is 2.26. The molecule has 0 aliphatic carbocycles. The SMILES string of the molecule is CC(=O)N1CC[C@@H](CN(C)C(=O)Nc2cccc(N(C)C(C)C)c2)C1. The highest BCUT2D eigenvalue weighted by Crippen LogP contribution is 2.21. The fourth-order valence-corrected chi connectivity index (χ4v) is 3.06. The molecule has 0 aromatic heterocycles. The molecule has 2 rings (SSSR count). The maximum Gasteiger partial charge on any atom is 0.321 e. The number of nitrogens with zero attached hydrogens (tertiary/aromatic N) is 3. The normalized spacial score (nSPS) is 16.9. The van der Waals surface area contributed by atoms with Crippen LogP contribution in [0.2, 0.25) is 0 Å². The van der Waals surface area contributed by atoms with Crippen LogP contribution in [0, 0.1) is 5.92 Å². The van der Waals surface area contributed by atoms with E-state index in [4.69, 9.17) is 0 Å². The molecule has 0 saturated carbocycles. The quantitative estimate of drug-likeness (QED) is 0.892. The molecule has 0 radical (unpaired) electrons. The van der Waals surface area contributed by atoms with Gasteiger partial charge in [0.1, 0.15) is 0 Å². The molecule has 1 aliphatic heterocycles. The lowest BCUT2D eigenvalue weighted by Crippen LogP contribution is -2.36. The Morgan fingerprint density at radius 2 is 2.04 bits per heavy atom. The maximum absolute atomic E-state index is 12.5. The lowest BCUT2D eigenvalue weighted by molar-refractivity contribution is -0.127. The van der Waals surface area contributed by atoms with Gasteiger partial charge in [0, 0.05) is 58.1 Å². The zero-order chi connectivity index (χ0) is 18.6. The number of amides is 3. The Morgan fingerprint density at radius 3 is 2.64 bits per heavy atom. The van der Waals surface area contributed by atoms with Crippen molar-refractivity contribution in [3.63, 3.8) is 0 Å². The van der Waals surface area contributed by atoms with Crippen molar-refractivity contribution in [1.82, 2.24) is 9.80 Å². The minimum absolute atomic E-state index is 0.112. The van der Waals surface area contributed by atoms with Crippen LogP contribution < -0.4 is 10.2 Å². The Morgan fingerprint density at radius 1 is 1.32 bits per heavy atom. The van der Waals surface area contributed by atoms with E-state index in [1.54, 1.807) is 18.9 Å². The van der Waals surface area contributed by atoms with Gasteiger partial charge in [-0.2, -0.15) is 0 Å². The third kappa shape index (κ3) is 5.11. The highest BCUT2D eigenvalue weighted by molar-refractivity contribution is 5.89. The summed E-state index contributed by atoms with van der Waals surface area (Å²) in [6.07, 6.45) is 0.950. The predicted molar refractivity (Wildman–Crippen MR) is 102 cm³/mol. The van der Waals surface area contributed by atoms with E-state index in [0.29, 0.717) is 18.5 Å². The molecule has 1 fully saturated rings. The molecule has 0 spiro atoms.